The van der Waals surface area contributed by atoms with Crippen molar-refractivity contribution in [1.29, 1.82) is 0 Å². The lowest BCUT2D eigenvalue weighted by atomic mass is 10.0. The topological polar surface area (TPSA) is 47.6 Å². The first kappa shape index (κ1) is 16.5. The molecule has 4 heteroatoms. The highest BCUT2D eigenvalue weighted by atomic mass is 16.5. The van der Waals surface area contributed by atoms with Gasteiger partial charge in [-0.25, -0.2) is 0 Å². The summed E-state index contributed by atoms with van der Waals surface area (Å²) < 4.78 is 10.5. The molecular weight excluding hydrogens is 254 g/mol. The van der Waals surface area contributed by atoms with E-state index in [1.807, 2.05) is 31.2 Å². The summed E-state index contributed by atoms with van der Waals surface area (Å²) in [4.78, 5) is 11.6. The van der Waals surface area contributed by atoms with E-state index < -0.39 is 0 Å². The van der Waals surface area contributed by atoms with Gasteiger partial charge in [-0.2, -0.15) is 0 Å². The van der Waals surface area contributed by atoms with Crippen LogP contribution in [0.5, 0.6) is 5.75 Å². The van der Waals surface area contributed by atoms with E-state index in [1.54, 1.807) is 0 Å². The summed E-state index contributed by atoms with van der Waals surface area (Å²) >= 11 is 0. The number of esters is 1. The molecule has 1 aromatic rings. The van der Waals surface area contributed by atoms with Crippen LogP contribution in [0.1, 0.15) is 25.8 Å². The number of hydrogen-bond acceptors (Lipinski definition) is 4. The summed E-state index contributed by atoms with van der Waals surface area (Å²) in [6.45, 7) is 7.32. The number of aryl methyl sites for hydroxylation is 1. The molecule has 1 aromatic carbocycles. The van der Waals surface area contributed by atoms with Gasteiger partial charge in [-0.05, 0) is 30.9 Å². The fourth-order valence-corrected chi connectivity index (χ4v) is 1.99. The van der Waals surface area contributed by atoms with Crippen LogP contribution in [0, 0.1) is 12.8 Å². The van der Waals surface area contributed by atoms with Crippen molar-refractivity contribution in [2.45, 2.75) is 33.2 Å². The minimum atomic E-state index is -0.263. The number of hydrogen-bond donors (Lipinski definition) is 1. The first-order chi connectivity index (χ1) is 9.54. The van der Waals surface area contributed by atoms with Crippen molar-refractivity contribution in [1.82, 2.24) is 5.32 Å². The molecule has 0 amide bonds. The lowest BCUT2D eigenvalue weighted by Gasteiger charge is -2.18. The molecule has 0 heterocycles. The third kappa shape index (κ3) is 5.61. The van der Waals surface area contributed by atoms with Crippen LogP contribution in [0.4, 0.5) is 0 Å². The van der Waals surface area contributed by atoms with Crippen molar-refractivity contribution in [2.24, 2.45) is 5.92 Å². The number of rotatable bonds is 8. The van der Waals surface area contributed by atoms with Crippen molar-refractivity contribution in [3.8, 4) is 5.75 Å². The van der Waals surface area contributed by atoms with Crippen LogP contribution in [-0.4, -0.2) is 32.3 Å². The molecule has 1 atom stereocenters. The summed E-state index contributed by atoms with van der Waals surface area (Å²) in [5.41, 5.74) is 1.11. The van der Waals surface area contributed by atoms with Gasteiger partial charge in [0.25, 0.3) is 0 Å². The zero-order chi connectivity index (χ0) is 15.0. The Labute approximate surface area is 121 Å². The van der Waals surface area contributed by atoms with Gasteiger partial charge in [-0.3, -0.25) is 4.79 Å². The summed E-state index contributed by atoms with van der Waals surface area (Å²) in [5, 5.41) is 3.19. The highest BCUT2D eigenvalue weighted by Gasteiger charge is 2.19. The number of benzene rings is 1. The Morgan fingerprint density at radius 2 is 2.00 bits per heavy atom. The molecule has 0 aliphatic rings. The molecule has 20 heavy (non-hydrogen) atoms. The molecule has 0 aromatic heterocycles. The maximum atomic E-state index is 11.6. The van der Waals surface area contributed by atoms with Gasteiger partial charge >= 0.3 is 5.97 Å². The van der Waals surface area contributed by atoms with E-state index >= 15 is 0 Å². The van der Waals surface area contributed by atoms with Crippen LogP contribution in [0.25, 0.3) is 0 Å². The largest absolute Gasteiger partial charge is 0.492 e. The smallest absolute Gasteiger partial charge is 0.322 e. The van der Waals surface area contributed by atoms with Crippen LogP contribution in [0.2, 0.25) is 0 Å². The first-order valence-electron chi connectivity index (χ1n) is 7.04. The van der Waals surface area contributed by atoms with Gasteiger partial charge in [0.1, 0.15) is 18.4 Å². The minimum absolute atomic E-state index is 0.213. The first-order valence-corrected chi connectivity index (χ1v) is 7.04. The lowest BCUT2D eigenvalue weighted by Crippen LogP contribution is -2.40. The third-order valence-corrected chi connectivity index (χ3v) is 3.04. The molecule has 0 aliphatic carbocycles. The highest BCUT2D eigenvalue weighted by molar-refractivity contribution is 5.75. The molecule has 1 unspecified atom stereocenters. The summed E-state index contributed by atoms with van der Waals surface area (Å²) in [6.07, 6.45) is 0.761. The van der Waals surface area contributed by atoms with Gasteiger partial charge in [0.15, 0.2) is 0 Å². The Hall–Kier alpha value is -1.55. The molecular formula is C16H25NO3. The fraction of sp³-hybridized carbons (Fsp3) is 0.562. The van der Waals surface area contributed by atoms with E-state index in [1.165, 1.54) is 7.11 Å². The SMILES string of the molecule is COC(=O)C(CC(C)C)NCCOc1ccccc1C. The second-order valence-corrected chi connectivity index (χ2v) is 5.27. The molecule has 0 radical (unpaired) electrons. The lowest BCUT2D eigenvalue weighted by molar-refractivity contribution is -0.143. The van der Waals surface area contributed by atoms with Gasteiger partial charge in [0.2, 0.25) is 0 Å². The maximum Gasteiger partial charge on any atom is 0.322 e. The Balaban J connectivity index is 2.37. The molecule has 4 nitrogen and oxygen atoms in total. The van der Waals surface area contributed by atoms with Crippen molar-refractivity contribution < 1.29 is 14.3 Å². The molecule has 0 saturated heterocycles. The van der Waals surface area contributed by atoms with Crippen LogP contribution >= 0.6 is 0 Å². The number of carbonyl (C=O) groups excluding carboxylic acids is 1. The molecule has 1 N–H and O–H groups in total. The van der Waals surface area contributed by atoms with Gasteiger partial charge in [0.05, 0.1) is 7.11 Å². The number of ether oxygens (including phenoxy) is 2. The molecule has 1 rings (SSSR count). The second kappa shape index (κ2) is 8.59. The third-order valence-electron chi connectivity index (χ3n) is 3.04. The highest BCUT2D eigenvalue weighted by Crippen LogP contribution is 2.15. The minimum Gasteiger partial charge on any atom is -0.492 e. The van der Waals surface area contributed by atoms with Gasteiger partial charge in [-0.15, -0.1) is 0 Å². The van der Waals surface area contributed by atoms with Gasteiger partial charge < -0.3 is 14.8 Å². The van der Waals surface area contributed by atoms with E-state index in [0.717, 1.165) is 17.7 Å². The normalized spacial score (nSPS) is 12.2. The predicted octanol–water partition coefficient (Wildman–Crippen LogP) is 2.55. The Kier molecular flexibility index (Phi) is 7.09. The van der Waals surface area contributed by atoms with E-state index in [9.17, 15) is 4.79 Å². The Bertz CT molecular complexity index is 418. The number of methoxy groups -OCH3 is 1. The monoisotopic (exact) mass is 279 g/mol. The molecule has 0 bridgehead atoms. The Morgan fingerprint density at radius 3 is 2.60 bits per heavy atom. The fourth-order valence-electron chi connectivity index (χ4n) is 1.99. The zero-order valence-corrected chi connectivity index (χ0v) is 12.8. The Morgan fingerprint density at radius 1 is 1.30 bits per heavy atom. The van der Waals surface area contributed by atoms with Gasteiger partial charge in [-0.1, -0.05) is 32.0 Å². The average Bonchev–Trinajstić information content (AvgIpc) is 2.42. The summed E-state index contributed by atoms with van der Waals surface area (Å²) in [7, 11) is 1.42. The van der Waals surface area contributed by atoms with Crippen molar-refractivity contribution in [2.75, 3.05) is 20.3 Å². The van der Waals surface area contributed by atoms with Crippen LogP contribution in [0.3, 0.4) is 0 Å². The summed E-state index contributed by atoms with van der Waals surface area (Å²) in [5.74, 6) is 1.10. The maximum absolute atomic E-state index is 11.6. The molecule has 0 spiro atoms. The molecule has 0 saturated carbocycles. The number of carbonyl (C=O) groups is 1. The number of para-hydroxylation sites is 1. The van der Waals surface area contributed by atoms with E-state index in [4.69, 9.17) is 9.47 Å². The summed E-state index contributed by atoms with van der Waals surface area (Å²) in [6, 6.07) is 7.63. The van der Waals surface area contributed by atoms with Crippen molar-refractivity contribution >= 4 is 5.97 Å². The van der Waals surface area contributed by atoms with Crippen molar-refractivity contribution in [3.63, 3.8) is 0 Å². The van der Waals surface area contributed by atoms with Gasteiger partial charge in [0, 0.05) is 6.54 Å². The average molecular weight is 279 g/mol. The van der Waals surface area contributed by atoms with E-state index in [-0.39, 0.29) is 12.0 Å². The van der Waals surface area contributed by atoms with Crippen LogP contribution in [-0.2, 0) is 9.53 Å². The standard InChI is InChI=1S/C16H25NO3/c1-12(2)11-14(16(18)19-4)17-9-10-20-15-8-6-5-7-13(15)3/h5-8,12,14,17H,9-11H2,1-4H3. The van der Waals surface area contributed by atoms with E-state index in [2.05, 4.69) is 19.2 Å². The van der Waals surface area contributed by atoms with Crippen molar-refractivity contribution in [3.05, 3.63) is 29.8 Å². The second-order valence-electron chi connectivity index (χ2n) is 5.27. The molecule has 112 valence electrons. The quantitative estimate of drug-likeness (QED) is 0.587. The molecule has 0 fully saturated rings. The predicted molar refractivity (Wildman–Crippen MR) is 79.9 cm³/mol. The molecule has 0 aliphatic heterocycles. The van der Waals surface area contributed by atoms with Crippen LogP contribution < -0.4 is 10.1 Å². The van der Waals surface area contributed by atoms with Crippen LogP contribution in [0.15, 0.2) is 24.3 Å². The zero-order valence-electron chi connectivity index (χ0n) is 12.8. The number of nitrogens with one attached hydrogen (secondary N) is 1. The van der Waals surface area contributed by atoms with E-state index in [0.29, 0.717) is 19.1 Å².